The number of rotatable bonds is 4. The first kappa shape index (κ1) is 17.1. The fourth-order valence-corrected chi connectivity index (χ4v) is 3.34. The number of hydrogen-bond acceptors (Lipinski definition) is 4. The van der Waals surface area contributed by atoms with Gasteiger partial charge in [-0.15, -0.1) is 0 Å². The van der Waals surface area contributed by atoms with E-state index < -0.39 is 0 Å². The number of hydrogen-bond donors (Lipinski definition) is 1. The summed E-state index contributed by atoms with van der Waals surface area (Å²) in [4.78, 5) is 17.1. The molecule has 0 radical (unpaired) electrons. The molecule has 0 spiro atoms. The Morgan fingerprint density at radius 1 is 1.20 bits per heavy atom. The second kappa shape index (κ2) is 6.31. The normalized spacial score (nSPS) is 12.6. The van der Waals surface area contributed by atoms with Gasteiger partial charge in [-0.25, -0.2) is 9.50 Å². The number of amides is 1. The zero-order valence-electron chi connectivity index (χ0n) is 15.6. The van der Waals surface area contributed by atoms with Gasteiger partial charge in [0, 0.05) is 29.6 Å². The van der Waals surface area contributed by atoms with E-state index in [9.17, 15) is 4.79 Å². The van der Waals surface area contributed by atoms with E-state index in [4.69, 9.17) is 0 Å². The van der Waals surface area contributed by atoms with Crippen LogP contribution in [0.2, 0.25) is 0 Å². The van der Waals surface area contributed by atoms with E-state index in [0.29, 0.717) is 11.3 Å². The first-order valence-corrected chi connectivity index (χ1v) is 8.50. The van der Waals surface area contributed by atoms with E-state index >= 15 is 0 Å². The Balaban J connectivity index is 1.88. The van der Waals surface area contributed by atoms with E-state index in [1.807, 2.05) is 45.4 Å². The van der Waals surface area contributed by atoms with Gasteiger partial charge in [0.15, 0.2) is 5.65 Å². The Morgan fingerprint density at radius 3 is 2.56 bits per heavy atom. The second-order valence-corrected chi connectivity index (χ2v) is 6.43. The minimum absolute atomic E-state index is 0.141. The molecule has 0 aliphatic heterocycles. The number of aryl methyl sites for hydroxylation is 4. The maximum atomic E-state index is 12.7. The molecule has 0 unspecified atom stereocenters. The van der Waals surface area contributed by atoms with Crippen molar-refractivity contribution in [2.45, 2.75) is 54.1 Å². The summed E-state index contributed by atoms with van der Waals surface area (Å²) < 4.78 is 3.70. The molecule has 3 aromatic heterocycles. The maximum Gasteiger partial charge on any atom is 0.270 e. The zero-order valence-corrected chi connectivity index (χ0v) is 15.6. The molecule has 0 saturated heterocycles. The van der Waals surface area contributed by atoms with E-state index in [1.165, 1.54) is 0 Å². The van der Waals surface area contributed by atoms with Crippen LogP contribution >= 0.6 is 0 Å². The van der Waals surface area contributed by atoms with Crippen LogP contribution in [-0.2, 0) is 6.54 Å². The Labute approximate surface area is 147 Å². The van der Waals surface area contributed by atoms with Crippen molar-refractivity contribution in [3.63, 3.8) is 0 Å². The Morgan fingerprint density at radius 2 is 1.92 bits per heavy atom. The first-order chi connectivity index (χ1) is 11.8. The van der Waals surface area contributed by atoms with Crippen LogP contribution in [-0.4, -0.2) is 30.3 Å². The van der Waals surface area contributed by atoms with E-state index in [0.717, 1.165) is 34.9 Å². The van der Waals surface area contributed by atoms with Gasteiger partial charge in [0.05, 0.1) is 17.4 Å². The lowest BCUT2D eigenvalue weighted by atomic mass is 10.1. The smallest absolute Gasteiger partial charge is 0.270 e. The lowest BCUT2D eigenvalue weighted by molar-refractivity contribution is 0.0934. The summed E-state index contributed by atoms with van der Waals surface area (Å²) in [6.07, 6.45) is 0. The van der Waals surface area contributed by atoms with Crippen LogP contribution in [0.25, 0.3) is 5.65 Å². The van der Waals surface area contributed by atoms with Crippen molar-refractivity contribution in [3.05, 3.63) is 46.2 Å². The molecule has 0 aliphatic carbocycles. The molecule has 0 aromatic carbocycles. The third kappa shape index (κ3) is 3.01. The minimum atomic E-state index is -0.194. The number of carbonyl (C=O) groups excluding carboxylic acids is 1. The third-order valence-electron chi connectivity index (χ3n) is 4.48. The molecule has 0 saturated carbocycles. The molecule has 1 N–H and O–H groups in total. The number of carbonyl (C=O) groups is 1. The molecule has 3 aromatic rings. The number of aromatic nitrogens is 5. The zero-order chi connectivity index (χ0) is 18.3. The van der Waals surface area contributed by atoms with Crippen LogP contribution in [0.1, 0.15) is 58.7 Å². The van der Waals surface area contributed by atoms with Crippen molar-refractivity contribution in [2.24, 2.45) is 0 Å². The van der Waals surface area contributed by atoms with Crippen LogP contribution in [0.3, 0.4) is 0 Å². The Hall–Kier alpha value is -2.70. The predicted octanol–water partition coefficient (Wildman–Crippen LogP) is 2.67. The SMILES string of the molecule is CCn1nc(C)c([C@@H](C)NC(=O)c2cc(C)n3nc(C)cc3n2)c1C. The van der Waals surface area contributed by atoms with Crippen LogP contribution in [0.15, 0.2) is 12.1 Å². The molecular formula is C18H24N6O. The Bertz CT molecular complexity index is 952. The molecule has 7 heteroatoms. The molecule has 0 bridgehead atoms. The maximum absolute atomic E-state index is 12.7. The fourth-order valence-electron chi connectivity index (χ4n) is 3.34. The van der Waals surface area contributed by atoms with Crippen molar-refractivity contribution in [3.8, 4) is 0 Å². The quantitative estimate of drug-likeness (QED) is 0.792. The molecule has 0 fully saturated rings. The van der Waals surface area contributed by atoms with Gasteiger partial charge in [-0.1, -0.05) is 0 Å². The van der Waals surface area contributed by atoms with Gasteiger partial charge in [-0.2, -0.15) is 10.2 Å². The van der Waals surface area contributed by atoms with Gasteiger partial charge in [0.2, 0.25) is 0 Å². The van der Waals surface area contributed by atoms with Crippen molar-refractivity contribution >= 4 is 11.6 Å². The molecule has 1 amide bonds. The highest BCUT2D eigenvalue weighted by Crippen LogP contribution is 2.21. The summed E-state index contributed by atoms with van der Waals surface area (Å²) in [6, 6.07) is 3.49. The van der Waals surface area contributed by atoms with Crippen LogP contribution in [0, 0.1) is 27.7 Å². The monoisotopic (exact) mass is 340 g/mol. The van der Waals surface area contributed by atoms with E-state index in [-0.39, 0.29) is 11.9 Å². The lowest BCUT2D eigenvalue weighted by Gasteiger charge is -2.15. The number of fused-ring (bicyclic) bond motifs is 1. The molecule has 3 heterocycles. The van der Waals surface area contributed by atoms with Gasteiger partial charge >= 0.3 is 0 Å². The molecule has 25 heavy (non-hydrogen) atoms. The first-order valence-electron chi connectivity index (χ1n) is 8.50. The number of nitrogens with zero attached hydrogens (tertiary/aromatic N) is 5. The molecule has 132 valence electrons. The standard InChI is InChI=1S/C18H24N6O/c1-7-23-14(6)17(13(5)22-23)12(4)19-18(25)15-9-11(3)24-16(20-15)8-10(2)21-24/h8-9,12H,7H2,1-6H3,(H,19,25)/t12-/m1/s1. The van der Waals surface area contributed by atoms with Crippen molar-refractivity contribution in [1.82, 2.24) is 29.7 Å². The van der Waals surface area contributed by atoms with Gasteiger partial charge in [0.25, 0.3) is 5.91 Å². The summed E-state index contributed by atoms with van der Waals surface area (Å²) in [6.45, 7) is 12.7. The topological polar surface area (TPSA) is 77.1 Å². The highest BCUT2D eigenvalue weighted by Gasteiger charge is 2.20. The molecule has 7 nitrogen and oxygen atoms in total. The molecular weight excluding hydrogens is 316 g/mol. The second-order valence-electron chi connectivity index (χ2n) is 6.43. The number of nitrogens with one attached hydrogen (secondary N) is 1. The van der Waals surface area contributed by atoms with Crippen molar-refractivity contribution < 1.29 is 4.79 Å². The molecule has 0 aliphatic rings. The average molecular weight is 340 g/mol. The largest absolute Gasteiger partial charge is 0.344 e. The Kier molecular flexibility index (Phi) is 4.32. The highest BCUT2D eigenvalue weighted by atomic mass is 16.1. The van der Waals surface area contributed by atoms with Crippen LogP contribution < -0.4 is 5.32 Å². The van der Waals surface area contributed by atoms with E-state index in [2.05, 4.69) is 27.4 Å². The van der Waals surface area contributed by atoms with Gasteiger partial charge in [-0.05, 0) is 47.6 Å². The summed E-state index contributed by atoms with van der Waals surface area (Å²) >= 11 is 0. The predicted molar refractivity (Wildman–Crippen MR) is 95.7 cm³/mol. The van der Waals surface area contributed by atoms with Crippen molar-refractivity contribution in [1.29, 1.82) is 0 Å². The van der Waals surface area contributed by atoms with Gasteiger partial charge in [0.1, 0.15) is 5.69 Å². The van der Waals surface area contributed by atoms with Crippen molar-refractivity contribution in [2.75, 3.05) is 0 Å². The van der Waals surface area contributed by atoms with Crippen LogP contribution in [0.5, 0.6) is 0 Å². The summed E-state index contributed by atoms with van der Waals surface area (Å²) in [5.74, 6) is -0.194. The van der Waals surface area contributed by atoms with E-state index in [1.54, 1.807) is 10.6 Å². The van der Waals surface area contributed by atoms with Gasteiger partial charge < -0.3 is 5.32 Å². The molecule has 1 atom stereocenters. The molecule has 3 rings (SSSR count). The highest BCUT2D eigenvalue weighted by molar-refractivity contribution is 5.93. The van der Waals surface area contributed by atoms with Gasteiger partial charge in [-0.3, -0.25) is 9.48 Å². The fraction of sp³-hybridized carbons (Fsp3) is 0.444. The minimum Gasteiger partial charge on any atom is -0.344 e. The summed E-state index contributed by atoms with van der Waals surface area (Å²) in [5.41, 5.74) is 5.92. The average Bonchev–Trinajstić information content (AvgIpc) is 3.06. The van der Waals surface area contributed by atoms with Crippen LogP contribution in [0.4, 0.5) is 0 Å². The summed E-state index contributed by atoms with van der Waals surface area (Å²) in [7, 11) is 0. The third-order valence-corrected chi connectivity index (χ3v) is 4.48. The lowest BCUT2D eigenvalue weighted by Crippen LogP contribution is -2.28. The summed E-state index contributed by atoms with van der Waals surface area (Å²) in [5, 5.41) is 11.9.